The molecule has 0 saturated carbocycles. The van der Waals surface area contributed by atoms with Gasteiger partial charge in [-0.1, -0.05) is 26.0 Å². The van der Waals surface area contributed by atoms with E-state index in [1.807, 2.05) is 57.1 Å². The van der Waals surface area contributed by atoms with Crippen LogP contribution in [-0.4, -0.2) is 169 Å². The lowest BCUT2D eigenvalue weighted by Crippen LogP contribution is -2.65. The molecule has 1 amide bonds. The minimum absolute atomic E-state index is 0.101. The van der Waals surface area contributed by atoms with Crippen LogP contribution in [0.5, 0.6) is 0 Å². The van der Waals surface area contributed by atoms with E-state index in [2.05, 4.69) is 20.3 Å². The van der Waals surface area contributed by atoms with Gasteiger partial charge in [-0.2, -0.15) is 4.98 Å². The second kappa shape index (κ2) is 20.4. The molecule has 366 valence electrons. The van der Waals surface area contributed by atoms with Crippen molar-refractivity contribution in [3.63, 3.8) is 0 Å². The number of carbonyl (C=O) groups is 3. The van der Waals surface area contributed by atoms with E-state index in [0.717, 1.165) is 16.5 Å². The van der Waals surface area contributed by atoms with E-state index < -0.39 is 83.1 Å². The first-order chi connectivity index (χ1) is 31.1. The summed E-state index contributed by atoms with van der Waals surface area (Å²) in [5.41, 5.74) is -1.08. The quantitative estimate of drug-likeness (QED) is 0.151. The minimum atomic E-state index is -3.31. The monoisotopic (exact) mass is 946 g/mol. The number of ether oxygens (including phenoxy) is 5. The van der Waals surface area contributed by atoms with Crippen molar-refractivity contribution in [1.29, 1.82) is 0 Å². The summed E-state index contributed by atoms with van der Waals surface area (Å²) in [4.78, 5) is 71.2. The van der Waals surface area contributed by atoms with Crippen LogP contribution < -0.4 is 11.4 Å². The maximum absolute atomic E-state index is 17.4. The van der Waals surface area contributed by atoms with Crippen LogP contribution >= 0.6 is 11.3 Å². The van der Waals surface area contributed by atoms with Gasteiger partial charge >= 0.3 is 17.8 Å². The third-order valence-corrected chi connectivity index (χ3v) is 14.4. The summed E-state index contributed by atoms with van der Waals surface area (Å²) in [5, 5.41) is 22.6. The number of likely N-dealkylation sites (N-methyl/N-ethyl adjacent to an activating group) is 2. The summed E-state index contributed by atoms with van der Waals surface area (Å²) in [6.07, 6.45) is 0.134. The molecule has 3 N–H and O–H groups in total. The number of cyclic esters (lactones) is 1. The Hall–Kier alpha value is -4.45. The summed E-state index contributed by atoms with van der Waals surface area (Å²) < 4.78 is 51.6. The highest BCUT2D eigenvalue weighted by molar-refractivity contribution is 7.13. The fourth-order valence-electron chi connectivity index (χ4n) is 10.1. The summed E-state index contributed by atoms with van der Waals surface area (Å²) in [5.74, 6) is -4.47. The number of nitrogen functional groups attached to an aromatic ring is 1. The molecule has 3 aromatic rings. The van der Waals surface area contributed by atoms with Crippen molar-refractivity contribution in [2.24, 2.45) is 11.8 Å². The van der Waals surface area contributed by atoms with Crippen LogP contribution in [0.1, 0.15) is 80.6 Å². The van der Waals surface area contributed by atoms with Gasteiger partial charge in [0.25, 0.3) is 11.4 Å². The molecule has 13 atom stereocenters. The Bertz CT molecular complexity index is 2210. The second-order valence-corrected chi connectivity index (χ2v) is 19.7. The average Bonchev–Trinajstić information content (AvgIpc) is 4.03. The largest absolute Gasteiger partial charge is 0.453 e. The first-order valence-corrected chi connectivity index (χ1v) is 23.5. The van der Waals surface area contributed by atoms with Gasteiger partial charge in [-0.3, -0.25) is 18.9 Å². The van der Waals surface area contributed by atoms with Gasteiger partial charge < -0.3 is 44.3 Å². The Morgan fingerprint density at radius 2 is 1.82 bits per heavy atom. The van der Waals surface area contributed by atoms with Gasteiger partial charge in [-0.25, -0.2) is 23.8 Å². The zero-order chi connectivity index (χ0) is 48.5. The normalized spacial score (nSPS) is 35.3. The van der Waals surface area contributed by atoms with Crippen LogP contribution in [-0.2, 0) is 45.5 Å². The molecule has 6 rings (SSSR count). The number of hydrogen-bond donors (Lipinski definition) is 2. The lowest BCUT2D eigenvalue weighted by Gasteiger charge is -2.47. The second-order valence-electron chi connectivity index (χ2n) is 18.8. The summed E-state index contributed by atoms with van der Waals surface area (Å²) in [7, 11) is 7.00. The number of methoxy groups -OCH3 is 1. The van der Waals surface area contributed by atoms with Gasteiger partial charge in [0.05, 0.1) is 24.0 Å². The number of hydrogen-bond acceptors (Lipinski definition) is 18. The van der Waals surface area contributed by atoms with Gasteiger partial charge in [0.1, 0.15) is 28.7 Å². The average molecular weight is 947 g/mol. The number of anilines is 1. The molecule has 3 aromatic heterocycles. The lowest BCUT2D eigenvalue weighted by atomic mass is 9.77. The molecule has 66 heavy (non-hydrogen) atoms. The molecule has 3 unspecified atom stereocenters. The standard InChI is InChI=1S/C44H67FN10O10S/c1-12-31-44(55-19-15-32(46)48-40(55)59)34(54(41(60)65-44)18-14-13-17-53-24-29(49-50-53)37-47-16-20-66-37)28(5)52(10)23-25(2)22-42(6,61-11)36(27(4)35(57)43(7,45)39(58)63-31)64-38-33(56)30(51(8)9)21-26(3)62-38/h15-16,19-20,24-28,30-31,33-34,36,38,56H,12-14,17-18,21-23H2,1-11H3,(H2,46,48,59)/t25-,26-,27-,28-,30?,31-,33?,34-,36-,38+,42-,43?,44-/m1/s1. The number of esters is 1. The van der Waals surface area contributed by atoms with Gasteiger partial charge in [0.15, 0.2) is 18.2 Å². The van der Waals surface area contributed by atoms with Crippen LogP contribution in [0, 0.1) is 11.8 Å². The summed E-state index contributed by atoms with van der Waals surface area (Å²) in [6.45, 7) is 12.3. The number of aliphatic hydroxyl groups is 1. The number of halogens is 1. The smallest absolute Gasteiger partial charge is 0.412 e. The zero-order valence-corrected chi connectivity index (χ0v) is 40.6. The van der Waals surface area contributed by atoms with Gasteiger partial charge in [-0.05, 0) is 92.9 Å². The van der Waals surface area contributed by atoms with E-state index in [0.29, 0.717) is 38.0 Å². The minimum Gasteiger partial charge on any atom is -0.453 e. The molecule has 0 aliphatic carbocycles. The SMILES string of the molecule is CC[C@H]1OC(=O)C(C)(F)C(=O)[C@@H](C)[C@@H](O[C@@H]2O[C@H](C)CC(N(C)C)C2O)[C@](C)(OC)C[C@@H](C)CN(C)[C@H](C)[C@H]2N(CCCCn3cc(-c4nccs4)nn3)C(=O)O[C@]12n1ccc(N)nc1=O. The zero-order valence-electron chi connectivity index (χ0n) is 39.8. The number of alkyl halides is 1. The first-order valence-electron chi connectivity index (χ1n) is 22.6. The molecule has 3 aliphatic heterocycles. The van der Waals surface area contributed by atoms with Gasteiger partial charge in [-0.15, -0.1) is 16.4 Å². The van der Waals surface area contributed by atoms with Crippen molar-refractivity contribution in [2.75, 3.05) is 47.1 Å². The molecule has 0 radical (unpaired) electrons. The maximum atomic E-state index is 17.4. The summed E-state index contributed by atoms with van der Waals surface area (Å²) in [6, 6.07) is -0.723. The van der Waals surface area contributed by atoms with Crippen LogP contribution in [0.4, 0.5) is 15.0 Å². The van der Waals surface area contributed by atoms with E-state index in [9.17, 15) is 24.3 Å². The number of aryl methyl sites for hydroxylation is 1. The number of fused-ring (bicyclic) bond motifs is 1. The Balaban J connectivity index is 1.41. The predicted octanol–water partition coefficient (Wildman–Crippen LogP) is 3.33. The Kier molecular flexibility index (Phi) is 15.8. The predicted molar refractivity (Wildman–Crippen MR) is 241 cm³/mol. The summed E-state index contributed by atoms with van der Waals surface area (Å²) >= 11 is 1.45. The molecule has 3 saturated heterocycles. The number of amides is 1. The number of aliphatic hydroxyl groups excluding tert-OH is 1. The van der Waals surface area contributed by atoms with E-state index >= 15 is 4.39 Å². The molecule has 22 heteroatoms. The number of thiazole rings is 1. The highest BCUT2D eigenvalue weighted by atomic mass is 32.1. The molecular weight excluding hydrogens is 880 g/mol. The lowest BCUT2D eigenvalue weighted by molar-refractivity contribution is -0.295. The molecule has 0 bridgehead atoms. The number of aromatic nitrogens is 6. The van der Waals surface area contributed by atoms with E-state index in [-0.39, 0.29) is 43.3 Å². The Morgan fingerprint density at radius 1 is 1.11 bits per heavy atom. The molecule has 20 nitrogen and oxygen atoms in total. The fraction of sp³-hybridized carbons (Fsp3) is 0.727. The molecule has 6 heterocycles. The third kappa shape index (κ3) is 10.0. The van der Waals surface area contributed by atoms with Crippen LogP contribution in [0.3, 0.4) is 0 Å². The molecule has 0 spiro atoms. The van der Waals surface area contributed by atoms with Gasteiger partial charge in [0.2, 0.25) is 0 Å². The first kappa shape index (κ1) is 51.0. The molecular formula is C44H67FN10O10S. The molecule has 3 aliphatic rings. The van der Waals surface area contributed by atoms with Gasteiger partial charge in [0, 0.05) is 62.5 Å². The number of carbonyl (C=O) groups excluding carboxylic acids is 3. The van der Waals surface area contributed by atoms with Crippen molar-refractivity contribution in [2.45, 2.75) is 153 Å². The number of Topliss-reactive ketones (excluding diaryl/α,β-unsaturated/α-hetero) is 1. The Labute approximate surface area is 388 Å². The van der Waals surface area contributed by atoms with Crippen molar-refractivity contribution < 1.29 is 47.6 Å². The van der Waals surface area contributed by atoms with Crippen molar-refractivity contribution in [3.05, 3.63) is 40.5 Å². The topological polar surface area (TPSA) is 232 Å². The number of rotatable bonds is 12. The maximum Gasteiger partial charge on any atom is 0.412 e. The van der Waals surface area contributed by atoms with E-state index in [1.54, 1.807) is 30.9 Å². The number of nitrogens with zero attached hydrogens (tertiary/aromatic N) is 9. The van der Waals surface area contributed by atoms with Crippen molar-refractivity contribution in [3.8, 4) is 10.7 Å². The third-order valence-electron chi connectivity index (χ3n) is 13.6. The molecule has 0 aromatic carbocycles. The number of ketones is 1. The number of unbranched alkanes of at least 4 members (excludes halogenated alkanes) is 1. The number of nitrogens with two attached hydrogens (primary N) is 1. The van der Waals surface area contributed by atoms with Crippen LogP contribution in [0.15, 0.2) is 34.8 Å². The van der Waals surface area contributed by atoms with Crippen molar-refractivity contribution in [1.82, 2.24) is 44.2 Å². The highest BCUT2D eigenvalue weighted by Gasteiger charge is 2.65. The van der Waals surface area contributed by atoms with Crippen LogP contribution in [0.25, 0.3) is 10.7 Å². The van der Waals surface area contributed by atoms with E-state index in [4.69, 9.17) is 29.4 Å². The van der Waals surface area contributed by atoms with E-state index in [1.165, 1.54) is 42.5 Å². The fourth-order valence-corrected chi connectivity index (χ4v) is 10.6. The van der Waals surface area contributed by atoms with Crippen molar-refractivity contribution >= 4 is 35.0 Å². The highest BCUT2D eigenvalue weighted by Crippen LogP contribution is 2.44. The Morgan fingerprint density at radius 3 is 2.45 bits per heavy atom. The molecule has 3 fully saturated rings. The van der Waals surface area contributed by atoms with Crippen LogP contribution in [0.2, 0.25) is 0 Å².